The number of hydrogen-bond acceptors (Lipinski definition) is 5. The summed E-state index contributed by atoms with van der Waals surface area (Å²) in [5.41, 5.74) is 2.55. The smallest absolute Gasteiger partial charge is 0.0991 e. The molecule has 3 nitrogen and oxygen atoms in total. The maximum Gasteiger partial charge on any atom is 0.0991 e. The van der Waals surface area contributed by atoms with Crippen molar-refractivity contribution < 1.29 is 0 Å². The number of rotatable bonds is 6. The van der Waals surface area contributed by atoms with Crippen LogP contribution in [0.3, 0.4) is 0 Å². The summed E-state index contributed by atoms with van der Waals surface area (Å²) in [4.78, 5) is 10.8. The maximum atomic E-state index is 4.85. The van der Waals surface area contributed by atoms with Gasteiger partial charge in [-0.25, -0.2) is 9.97 Å². The van der Waals surface area contributed by atoms with Crippen molar-refractivity contribution in [1.29, 1.82) is 0 Å². The van der Waals surface area contributed by atoms with Crippen molar-refractivity contribution in [3.63, 3.8) is 0 Å². The van der Waals surface area contributed by atoms with Crippen molar-refractivity contribution in [1.82, 2.24) is 15.3 Å². The molecule has 5 heteroatoms. The number of aryl methyl sites for hydroxylation is 2. The van der Waals surface area contributed by atoms with Gasteiger partial charge in [0.15, 0.2) is 0 Å². The van der Waals surface area contributed by atoms with Crippen molar-refractivity contribution >= 4 is 22.7 Å². The molecular formula is C16H25N3S2. The molecule has 1 N–H and O–H groups in total. The number of nitrogens with one attached hydrogen (secondary N) is 1. The Kier molecular flexibility index (Phi) is 5.52. The second-order valence-corrected chi connectivity index (χ2v) is 8.60. The minimum Gasteiger partial charge on any atom is -0.307 e. The van der Waals surface area contributed by atoms with Crippen molar-refractivity contribution in [2.24, 2.45) is 0 Å². The largest absolute Gasteiger partial charge is 0.307 e. The van der Waals surface area contributed by atoms with Crippen LogP contribution in [0.2, 0.25) is 0 Å². The summed E-state index contributed by atoms with van der Waals surface area (Å²) < 4.78 is 0. The van der Waals surface area contributed by atoms with E-state index in [2.05, 4.69) is 50.3 Å². The molecule has 0 atom stereocenters. The molecule has 0 aliphatic rings. The van der Waals surface area contributed by atoms with Crippen molar-refractivity contribution in [3.05, 3.63) is 31.7 Å². The van der Waals surface area contributed by atoms with E-state index in [1.54, 1.807) is 11.3 Å². The van der Waals surface area contributed by atoms with E-state index in [0.717, 1.165) is 36.5 Å². The zero-order valence-electron chi connectivity index (χ0n) is 13.6. The van der Waals surface area contributed by atoms with Crippen molar-refractivity contribution in [2.45, 2.75) is 66.0 Å². The molecule has 0 saturated heterocycles. The highest BCUT2D eigenvalue weighted by atomic mass is 32.1. The summed E-state index contributed by atoms with van der Waals surface area (Å²) in [5.74, 6) is 0. The van der Waals surface area contributed by atoms with Crippen LogP contribution in [0.1, 0.15) is 60.4 Å². The Hall–Kier alpha value is -0.780. The van der Waals surface area contributed by atoms with Crippen molar-refractivity contribution in [3.8, 4) is 0 Å². The lowest BCUT2D eigenvalue weighted by Gasteiger charge is -2.20. The van der Waals surface area contributed by atoms with E-state index >= 15 is 0 Å². The Bertz CT molecular complexity index is 579. The molecular weight excluding hydrogens is 298 g/mol. The Balaban J connectivity index is 2.12. The zero-order valence-corrected chi connectivity index (χ0v) is 15.2. The molecule has 0 aromatic carbocycles. The minimum atomic E-state index is 0.139. The average molecular weight is 324 g/mol. The number of nitrogens with zero attached hydrogens (tertiary/aromatic N) is 2. The van der Waals surface area contributed by atoms with Gasteiger partial charge in [-0.3, -0.25) is 0 Å². The quantitative estimate of drug-likeness (QED) is 0.859. The number of aromatic nitrogens is 2. The maximum absolute atomic E-state index is 4.85. The fraction of sp³-hybridized carbons (Fsp3) is 0.625. The predicted octanol–water partition coefficient (Wildman–Crippen LogP) is 4.34. The lowest BCUT2D eigenvalue weighted by molar-refractivity contribution is 0.425. The second kappa shape index (κ2) is 6.99. The van der Waals surface area contributed by atoms with Crippen LogP contribution in [0.5, 0.6) is 0 Å². The summed E-state index contributed by atoms with van der Waals surface area (Å²) in [6.45, 7) is 11.8. The highest BCUT2D eigenvalue weighted by Gasteiger charge is 2.15. The first-order chi connectivity index (χ1) is 9.87. The molecule has 0 unspecified atom stereocenters. The molecule has 0 fully saturated rings. The molecule has 2 rings (SSSR count). The first-order valence-corrected chi connectivity index (χ1v) is 9.20. The van der Waals surface area contributed by atoms with E-state index in [9.17, 15) is 0 Å². The van der Waals surface area contributed by atoms with Crippen molar-refractivity contribution in [2.75, 3.05) is 0 Å². The standard InChI is InChI=1S/C16H25N3S2/c1-6-7-13-14(9-17-16(3,4)5)21-15(19-13)8-12-10-20-11(2)18-12/h10,17H,6-9H2,1-5H3. The topological polar surface area (TPSA) is 37.8 Å². The van der Waals surface area contributed by atoms with E-state index in [-0.39, 0.29) is 5.54 Å². The molecule has 0 saturated carbocycles. The minimum absolute atomic E-state index is 0.139. The van der Waals surface area contributed by atoms with Gasteiger partial charge in [-0.1, -0.05) is 13.3 Å². The van der Waals surface area contributed by atoms with E-state index in [4.69, 9.17) is 4.98 Å². The molecule has 2 heterocycles. The molecule has 0 radical (unpaired) electrons. The molecule has 21 heavy (non-hydrogen) atoms. The molecule has 0 aliphatic carbocycles. The van der Waals surface area contributed by atoms with Gasteiger partial charge in [-0.2, -0.15) is 0 Å². The summed E-state index contributed by atoms with van der Waals surface area (Å²) in [5, 5.41) is 8.04. The Labute approximate surface area is 135 Å². The van der Waals surface area contributed by atoms with Crippen LogP contribution in [0, 0.1) is 6.92 Å². The first kappa shape index (κ1) is 16.6. The van der Waals surface area contributed by atoms with Gasteiger partial charge < -0.3 is 5.32 Å². The second-order valence-electron chi connectivity index (χ2n) is 6.37. The summed E-state index contributed by atoms with van der Waals surface area (Å²) in [7, 11) is 0. The Morgan fingerprint density at radius 2 is 2.00 bits per heavy atom. The van der Waals surface area contributed by atoms with Gasteiger partial charge in [0.05, 0.1) is 21.4 Å². The molecule has 0 aliphatic heterocycles. The SMILES string of the molecule is CCCc1nc(Cc2csc(C)n2)sc1CNC(C)(C)C. The third-order valence-corrected chi connectivity index (χ3v) is 5.01. The van der Waals surface area contributed by atoms with Gasteiger partial charge >= 0.3 is 0 Å². The summed E-state index contributed by atoms with van der Waals surface area (Å²) in [6.07, 6.45) is 3.07. The summed E-state index contributed by atoms with van der Waals surface area (Å²) in [6, 6.07) is 0. The van der Waals surface area contributed by atoms with Gasteiger partial charge in [0.25, 0.3) is 0 Å². The zero-order chi connectivity index (χ0) is 15.5. The lowest BCUT2D eigenvalue weighted by atomic mass is 10.1. The van der Waals surface area contributed by atoms with Gasteiger partial charge in [-0.05, 0) is 34.1 Å². The Morgan fingerprint density at radius 3 is 2.57 bits per heavy atom. The highest BCUT2D eigenvalue weighted by molar-refractivity contribution is 7.11. The van der Waals surface area contributed by atoms with E-state index in [1.165, 1.54) is 15.6 Å². The van der Waals surface area contributed by atoms with Crippen LogP contribution in [-0.4, -0.2) is 15.5 Å². The van der Waals surface area contributed by atoms with Gasteiger partial charge in [0, 0.05) is 28.8 Å². The Morgan fingerprint density at radius 1 is 1.24 bits per heavy atom. The average Bonchev–Trinajstić information content (AvgIpc) is 2.94. The highest BCUT2D eigenvalue weighted by Crippen LogP contribution is 2.23. The molecule has 116 valence electrons. The molecule has 2 aromatic heterocycles. The molecule has 0 amide bonds. The molecule has 0 bridgehead atoms. The fourth-order valence-corrected chi connectivity index (χ4v) is 3.76. The van der Waals surface area contributed by atoms with Crippen LogP contribution >= 0.6 is 22.7 Å². The van der Waals surface area contributed by atoms with E-state index < -0.39 is 0 Å². The third-order valence-electron chi connectivity index (χ3n) is 3.09. The molecule has 0 spiro atoms. The number of thiazole rings is 2. The normalized spacial score (nSPS) is 12.0. The fourth-order valence-electron chi connectivity index (χ4n) is 2.07. The van der Waals surface area contributed by atoms with Crippen LogP contribution in [0.4, 0.5) is 0 Å². The number of hydrogen-bond donors (Lipinski definition) is 1. The van der Waals surface area contributed by atoms with Crippen LogP contribution in [0.15, 0.2) is 5.38 Å². The van der Waals surface area contributed by atoms with Gasteiger partial charge in [0.1, 0.15) is 0 Å². The van der Waals surface area contributed by atoms with Crippen LogP contribution < -0.4 is 5.32 Å². The van der Waals surface area contributed by atoms with Gasteiger partial charge in [0.2, 0.25) is 0 Å². The van der Waals surface area contributed by atoms with E-state index in [1.807, 2.05) is 11.3 Å². The van der Waals surface area contributed by atoms with Crippen LogP contribution in [-0.2, 0) is 19.4 Å². The lowest BCUT2D eigenvalue weighted by Crippen LogP contribution is -2.35. The predicted molar refractivity (Wildman–Crippen MR) is 92.4 cm³/mol. The third kappa shape index (κ3) is 5.16. The van der Waals surface area contributed by atoms with E-state index in [0.29, 0.717) is 0 Å². The summed E-state index contributed by atoms with van der Waals surface area (Å²) >= 11 is 3.55. The van der Waals surface area contributed by atoms with Crippen LogP contribution in [0.25, 0.3) is 0 Å². The van der Waals surface area contributed by atoms with Gasteiger partial charge in [-0.15, -0.1) is 22.7 Å². The monoisotopic (exact) mass is 323 g/mol. The molecule has 2 aromatic rings. The first-order valence-electron chi connectivity index (χ1n) is 7.51.